The quantitative estimate of drug-likeness (QED) is 0.851. The molecule has 84 valence electrons. The van der Waals surface area contributed by atoms with Gasteiger partial charge < -0.3 is 10.2 Å². The Morgan fingerprint density at radius 2 is 1.94 bits per heavy atom. The Morgan fingerprint density at radius 3 is 2.56 bits per heavy atom. The van der Waals surface area contributed by atoms with Gasteiger partial charge in [-0.1, -0.05) is 27.5 Å². The van der Waals surface area contributed by atoms with Crippen molar-refractivity contribution in [3.8, 4) is 0 Å². The summed E-state index contributed by atoms with van der Waals surface area (Å²) in [6.07, 6.45) is 0. The van der Waals surface area contributed by atoms with E-state index < -0.39 is 0 Å². The highest BCUT2D eigenvalue weighted by Crippen LogP contribution is 2.30. The second-order valence-electron chi connectivity index (χ2n) is 3.29. The minimum atomic E-state index is -0.334. The molecule has 2 rings (SSSR count). The van der Waals surface area contributed by atoms with Crippen molar-refractivity contribution in [2.75, 3.05) is 0 Å². The van der Waals surface area contributed by atoms with Crippen LogP contribution in [0.4, 0.5) is 0 Å². The molecule has 16 heavy (non-hydrogen) atoms. The minimum Gasteiger partial charge on any atom is -0.452 e. The van der Waals surface area contributed by atoms with Crippen molar-refractivity contribution in [2.45, 2.75) is 6.04 Å². The molecule has 2 N–H and O–H groups in total. The average Bonchev–Trinajstić information content (AvgIpc) is 2.67. The fourth-order valence-electron chi connectivity index (χ4n) is 1.40. The maximum Gasteiger partial charge on any atom is 0.169 e. The van der Waals surface area contributed by atoms with Crippen LogP contribution in [0.1, 0.15) is 17.4 Å². The SMILES string of the molecule is NC(c1ccc(Br)o1)c1cc(Cl)ccc1Br. The molecular weight excluding hydrogens is 357 g/mol. The van der Waals surface area contributed by atoms with E-state index in [1.54, 1.807) is 6.07 Å². The van der Waals surface area contributed by atoms with Crippen molar-refractivity contribution in [1.82, 2.24) is 0 Å². The van der Waals surface area contributed by atoms with Crippen LogP contribution in [0.25, 0.3) is 0 Å². The van der Waals surface area contributed by atoms with E-state index in [2.05, 4.69) is 31.9 Å². The fourth-order valence-corrected chi connectivity index (χ4v) is 2.39. The van der Waals surface area contributed by atoms with Crippen LogP contribution in [-0.4, -0.2) is 0 Å². The fraction of sp³-hybridized carbons (Fsp3) is 0.0909. The zero-order chi connectivity index (χ0) is 11.7. The molecule has 1 aromatic heterocycles. The number of rotatable bonds is 2. The molecular formula is C11H8Br2ClNO. The van der Waals surface area contributed by atoms with Gasteiger partial charge in [0, 0.05) is 9.50 Å². The molecule has 1 atom stereocenters. The Kier molecular flexibility index (Phi) is 3.74. The number of hydrogen-bond acceptors (Lipinski definition) is 2. The van der Waals surface area contributed by atoms with Gasteiger partial charge in [-0.15, -0.1) is 0 Å². The second kappa shape index (κ2) is 4.92. The largest absolute Gasteiger partial charge is 0.452 e. The van der Waals surface area contributed by atoms with E-state index in [1.165, 1.54) is 0 Å². The van der Waals surface area contributed by atoms with Crippen molar-refractivity contribution in [2.24, 2.45) is 5.73 Å². The Hall–Kier alpha value is -0.290. The highest BCUT2D eigenvalue weighted by molar-refractivity contribution is 9.10. The van der Waals surface area contributed by atoms with E-state index in [4.69, 9.17) is 21.8 Å². The molecule has 1 heterocycles. The first-order valence-corrected chi connectivity index (χ1v) is 6.50. The summed E-state index contributed by atoms with van der Waals surface area (Å²) in [6, 6.07) is 8.82. The van der Waals surface area contributed by atoms with Crippen molar-refractivity contribution in [3.63, 3.8) is 0 Å². The van der Waals surface area contributed by atoms with Crippen LogP contribution >= 0.6 is 43.5 Å². The monoisotopic (exact) mass is 363 g/mol. The van der Waals surface area contributed by atoms with Crippen LogP contribution in [-0.2, 0) is 0 Å². The van der Waals surface area contributed by atoms with E-state index in [-0.39, 0.29) is 6.04 Å². The lowest BCUT2D eigenvalue weighted by atomic mass is 10.1. The van der Waals surface area contributed by atoms with Gasteiger partial charge >= 0.3 is 0 Å². The summed E-state index contributed by atoms with van der Waals surface area (Å²) >= 11 is 12.6. The molecule has 1 unspecified atom stereocenters. The summed E-state index contributed by atoms with van der Waals surface area (Å²) in [5.41, 5.74) is 6.99. The van der Waals surface area contributed by atoms with Gasteiger partial charge in [0.05, 0.1) is 6.04 Å². The summed E-state index contributed by atoms with van der Waals surface area (Å²) in [6.45, 7) is 0. The summed E-state index contributed by atoms with van der Waals surface area (Å²) < 4.78 is 7.00. The van der Waals surface area contributed by atoms with Gasteiger partial charge in [0.25, 0.3) is 0 Å². The molecule has 0 saturated heterocycles. The van der Waals surface area contributed by atoms with Crippen molar-refractivity contribution in [3.05, 3.63) is 55.8 Å². The number of hydrogen-bond donors (Lipinski definition) is 1. The molecule has 0 radical (unpaired) electrons. The molecule has 0 aliphatic rings. The topological polar surface area (TPSA) is 39.2 Å². The number of halogens is 3. The molecule has 0 saturated carbocycles. The smallest absolute Gasteiger partial charge is 0.169 e. The second-order valence-corrected chi connectivity index (χ2v) is 5.36. The van der Waals surface area contributed by atoms with Gasteiger partial charge in [0.2, 0.25) is 0 Å². The third-order valence-electron chi connectivity index (χ3n) is 2.19. The van der Waals surface area contributed by atoms with Gasteiger partial charge in [-0.2, -0.15) is 0 Å². The number of furan rings is 1. The summed E-state index contributed by atoms with van der Waals surface area (Å²) in [7, 11) is 0. The Morgan fingerprint density at radius 1 is 1.19 bits per heavy atom. The molecule has 5 heteroatoms. The maximum absolute atomic E-state index is 6.10. The van der Waals surface area contributed by atoms with Crippen LogP contribution in [0.15, 0.2) is 43.9 Å². The highest BCUT2D eigenvalue weighted by Gasteiger charge is 2.16. The Bertz CT molecular complexity index is 512. The zero-order valence-corrected chi connectivity index (χ0v) is 12.0. The lowest BCUT2D eigenvalue weighted by Gasteiger charge is -2.11. The molecule has 0 spiro atoms. The van der Waals surface area contributed by atoms with E-state index in [0.29, 0.717) is 15.5 Å². The molecule has 2 aromatic rings. The third kappa shape index (κ3) is 2.51. The third-order valence-corrected chi connectivity index (χ3v) is 3.58. The van der Waals surface area contributed by atoms with E-state index in [1.807, 2.05) is 24.3 Å². The zero-order valence-electron chi connectivity index (χ0n) is 8.08. The van der Waals surface area contributed by atoms with Gasteiger partial charge in [-0.05, 0) is 51.8 Å². The van der Waals surface area contributed by atoms with E-state index in [0.717, 1.165) is 10.0 Å². The standard InChI is InChI=1S/C11H8Br2ClNO/c12-8-2-1-6(14)5-7(8)11(15)9-3-4-10(13)16-9/h1-5,11H,15H2. The van der Waals surface area contributed by atoms with Crippen LogP contribution in [0.3, 0.4) is 0 Å². The molecule has 0 aliphatic heterocycles. The lowest BCUT2D eigenvalue weighted by Crippen LogP contribution is -2.11. The first-order chi connectivity index (χ1) is 7.58. The normalized spacial score (nSPS) is 12.8. The molecule has 2 nitrogen and oxygen atoms in total. The molecule has 1 aromatic carbocycles. The Balaban J connectivity index is 2.40. The van der Waals surface area contributed by atoms with Crippen molar-refractivity contribution >= 4 is 43.5 Å². The molecule has 0 bridgehead atoms. The van der Waals surface area contributed by atoms with Crippen LogP contribution < -0.4 is 5.73 Å². The predicted molar refractivity (Wildman–Crippen MR) is 71.6 cm³/mol. The van der Waals surface area contributed by atoms with Crippen molar-refractivity contribution in [1.29, 1.82) is 0 Å². The van der Waals surface area contributed by atoms with Gasteiger partial charge in [-0.25, -0.2) is 0 Å². The van der Waals surface area contributed by atoms with Gasteiger partial charge in [0.1, 0.15) is 5.76 Å². The van der Waals surface area contributed by atoms with E-state index in [9.17, 15) is 0 Å². The van der Waals surface area contributed by atoms with Crippen LogP contribution in [0.5, 0.6) is 0 Å². The van der Waals surface area contributed by atoms with E-state index >= 15 is 0 Å². The number of benzene rings is 1. The predicted octanol–water partition coefficient (Wildman–Crippen LogP) is 4.51. The van der Waals surface area contributed by atoms with Gasteiger partial charge in [-0.3, -0.25) is 0 Å². The average molecular weight is 365 g/mol. The first-order valence-electron chi connectivity index (χ1n) is 4.53. The Labute approximate surface area is 115 Å². The minimum absolute atomic E-state index is 0.334. The molecule has 0 fully saturated rings. The first kappa shape index (κ1) is 12.2. The lowest BCUT2D eigenvalue weighted by molar-refractivity contribution is 0.470. The van der Waals surface area contributed by atoms with Crippen molar-refractivity contribution < 1.29 is 4.42 Å². The summed E-state index contributed by atoms with van der Waals surface area (Å²) in [4.78, 5) is 0. The summed E-state index contributed by atoms with van der Waals surface area (Å²) in [5.74, 6) is 0.690. The molecule has 0 amide bonds. The summed E-state index contributed by atoms with van der Waals surface area (Å²) in [5, 5.41) is 0.652. The van der Waals surface area contributed by atoms with Gasteiger partial charge in [0.15, 0.2) is 4.67 Å². The highest BCUT2D eigenvalue weighted by atomic mass is 79.9. The van der Waals surface area contributed by atoms with Crippen LogP contribution in [0, 0.1) is 0 Å². The number of nitrogens with two attached hydrogens (primary N) is 1. The molecule has 0 aliphatic carbocycles. The maximum atomic E-state index is 6.10. The van der Waals surface area contributed by atoms with Crippen LogP contribution in [0.2, 0.25) is 5.02 Å².